The molecule has 0 aliphatic heterocycles. The summed E-state index contributed by atoms with van der Waals surface area (Å²) in [5, 5.41) is 15.6. The molecule has 0 saturated heterocycles. The smallest absolute Gasteiger partial charge is 0.257 e. The van der Waals surface area contributed by atoms with Crippen LogP contribution in [0.1, 0.15) is 66.9 Å². The highest BCUT2D eigenvalue weighted by Gasteiger charge is 2.35. The second-order valence-corrected chi connectivity index (χ2v) is 8.07. The highest BCUT2D eigenvalue weighted by molar-refractivity contribution is 7.80. The van der Waals surface area contributed by atoms with E-state index in [1.807, 2.05) is 48.5 Å². The number of benzene rings is 2. The summed E-state index contributed by atoms with van der Waals surface area (Å²) >= 11 is 5.27. The van der Waals surface area contributed by atoms with Gasteiger partial charge in [-0.1, -0.05) is 51.0 Å². The molecule has 0 bridgehead atoms. The molecule has 4 nitrogen and oxygen atoms in total. The van der Waals surface area contributed by atoms with E-state index >= 15 is 0 Å². The van der Waals surface area contributed by atoms with Crippen molar-refractivity contribution in [3.05, 3.63) is 65.2 Å². The Hall–Kier alpha value is -2.71. The average Bonchev–Trinajstić information content (AvgIpc) is 3.19. The molecule has 1 aliphatic rings. The molecule has 1 aliphatic carbocycles. The summed E-state index contributed by atoms with van der Waals surface area (Å²) in [4.78, 5) is 12.4. The Morgan fingerprint density at radius 2 is 1.68 bits per heavy atom. The molecule has 1 saturated carbocycles. The lowest BCUT2D eigenvalue weighted by molar-refractivity contribution is 0.0977. The summed E-state index contributed by atoms with van der Waals surface area (Å²) in [5.74, 6) is 0.186. The number of nitrogens with one attached hydrogen (secondary N) is 2. The van der Waals surface area contributed by atoms with Gasteiger partial charge in [-0.3, -0.25) is 10.1 Å². The van der Waals surface area contributed by atoms with Crippen LogP contribution in [0.2, 0.25) is 0 Å². The van der Waals surface area contributed by atoms with Gasteiger partial charge >= 0.3 is 0 Å². The van der Waals surface area contributed by atoms with E-state index in [1.54, 1.807) is 0 Å². The van der Waals surface area contributed by atoms with Gasteiger partial charge in [-0.05, 0) is 66.4 Å². The van der Waals surface area contributed by atoms with Crippen LogP contribution in [-0.4, -0.2) is 11.0 Å². The van der Waals surface area contributed by atoms with Gasteiger partial charge in [0, 0.05) is 11.3 Å². The first-order valence-electron chi connectivity index (χ1n) is 9.68. The maximum Gasteiger partial charge on any atom is 0.257 e. The highest BCUT2D eigenvalue weighted by Crippen LogP contribution is 2.40. The number of rotatable bonds is 4. The Morgan fingerprint density at radius 3 is 2.21 bits per heavy atom. The fourth-order valence-corrected chi connectivity index (χ4v) is 3.88. The third kappa shape index (κ3) is 4.40. The Balaban J connectivity index is 1.60. The van der Waals surface area contributed by atoms with Gasteiger partial charge in [-0.15, -0.1) is 0 Å². The van der Waals surface area contributed by atoms with Crippen molar-refractivity contribution >= 4 is 28.9 Å². The lowest BCUT2D eigenvalue weighted by atomic mass is 9.80. The predicted octanol–water partition coefficient (Wildman–Crippen LogP) is 5.27. The summed E-state index contributed by atoms with van der Waals surface area (Å²) in [5.41, 5.74) is 3.25. The number of anilines is 1. The molecule has 0 heterocycles. The van der Waals surface area contributed by atoms with Crippen molar-refractivity contribution in [1.29, 1.82) is 5.26 Å². The topological polar surface area (TPSA) is 64.9 Å². The Bertz CT molecular complexity index is 889. The van der Waals surface area contributed by atoms with Crippen molar-refractivity contribution in [2.24, 2.45) is 0 Å². The zero-order valence-corrected chi connectivity index (χ0v) is 17.1. The van der Waals surface area contributed by atoms with Gasteiger partial charge in [0.2, 0.25) is 0 Å². The largest absolute Gasteiger partial charge is 0.332 e. The van der Waals surface area contributed by atoms with Crippen LogP contribution in [-0.2, 0) is 5.41 Å². The number of carbonyl (C=O) groups excluding carboxylic acids is 1. The van der Waals surface area contributed by atoms with Gasteiger partial charge < -0.3 is 5.32 Å². The Kier molecular flexibility index (Phi) is 6.11. The summed E-state index contributed by atoms with van der Waals surface area (Å²) in [7, 11) is 0. The van der Waals surface area contributed by atoms with Crippen LogP contribution in [0.15, 0.2) is 48.5 Å². The third-order valence-electron chi connectivity index (χ3n) is 5.43. The maximum absolute atomic E-state index is 12.4. The molecular weight excluding hydrogens is 366 g/mol. The van der Waals surface area contributed by atoms with Gasteiger partial charge in [0.15, 0.2) is 5.11 Å². The van der Waals surface area contributed by atoms with E-state index in [9.17, 15) is 10.1 Å². The van der Waals surface area contributed by atoms with Gasteiger partial charge in [0.1, 0.15) is 0 Å². The quantitative estimate of drug-likeness (QED) is 0.697. The van der Waals surface area contributed by atoms with Crippen molar-refractivity contribution < 1.29 is 4.79 Å². The molecule has 2 N–H and O–H groups in total. The fourth-order valence-electron chi connectivity index (χ4n) is 3.67. The fraction of sp³-hybridized carbons (Fsp3) is 0.348. The standard InChI is InChI=1S/C23H25N3OS/c1-16(2)17-5-7-18(8-6-17)21(27)26-22(28)25-20-11-9-19(10-12-20)23(15-24)13-3-4-14-23/h5-12,16H,3-4,13-14H2,1-2H3,(H2,25,26,27,28). The molecule has 1 amide bonds. The van der Waals surface area contributed by atoms with Crippen LogP contribution in [0.5, 0.6) is 0 Å². The first-order valence-corrected chi connectivity index (χ1v) is 10.1. The number of amides is 1. The molecule has 28 heavy (non-hydrogen) atoms. The van der Waals surface area contributed by atoms with Gasteiger partial charge in [-0.25, -0.2) is 0 Å². The lowest BCUT2D eigenvalue weighted by Crippen LogP contribution is -2.34. The van der Waals surface area contributed by atoms with Gasteiger partial charge in [-0.2, -0.15) is 5.26 Å². The second kappa shape index (κ2) is 8.53. The lowest BCUT2D eigenvalue weighted by Gasteiger charge is -2.21. The Labute approximate surface area is 172 Å². The monoisotopic (exact) mass is 391 g/mol. The molecule has 2 aromatic rings. The normalized spacial score (nSPS) is 15.1. The SMILES string of the molecule is CC(C)c1ccc(C(=O)NC(=S)Nc2ccc(C3(C#N)CCCC3)cc2)cc1. The average molecular weight is 392 g/mol. The molecular formula is C23H25N3OS. The maximum atomic E-state index is 12.4. The molecule has 0 spiro atoms. The van der Waals surface area contributed by atoms with E-state index in [0.29, 0.717) is 11.5 Å². The number of carbonyl (C=O) groups is 1. The molecule has 2 aromatic carbocycles. The van der Waals surface area contributed by atoms with Gasteiger partial charge in [0.05, 0.1) is 11.5 Å². The van der Waals surface area contributed by atoms with E-state index in [2.05, 4.69) is 30.6 Å². The molecule has 1 fully saturated rings. The van der Waals surface area contributed by atoms with E-state index in [1.165, 1.54) is 5.56 Å². The third-order valence-corrected chi connectivity index (χ3v) is 5.64. The van der Waals surface area contributed by atoms with Crippen LogP contribution >= 0.6 is 12.2 Å². The van der Waals surface area contributed by atoms with Crippen molar-refractivity contribution in [3.63, 3.8) is 0 Å². The molecule has 144 valence electrons. The van der Waals surface area contributed by atoms with Crippen LogP contribution in [0, 0.1) is 11.3 Å². The van der Waals surface area contributed by atoms with Crippen molar-refractivity contribution in [2.75, 3.05) is 5.32 Å². The van der Waals surface area contributed by atoms with E-state index in [-0.39, 0.29) is 16.4 Å². The van der Waals surface area contributed by atoms with Crippen LogP contribution < -0.4 is 10.6 Å². The number of nitriles is 1. The molecule has 0 unspecified atom stereocenters. The minimum Gasteiger partial charge on any atom is -0.332 e. The first-order chi connectivity index (χ1) is 13.4. The van der Waals surface area contributed by atoms with Crippen LogP contribution in [0.4, 0.5) is 5.69 Å². The second-order valence-electron chi connectivity index (χ2n) is 7.66. The molecule has 3 rings (SSSR count). The van der Waals surface area contributed by atoms with E-state index in [0.717, 1.165) is 36.9 Å². The van der Waals surface area contributed by atoms with Crippen LogP contribution in [0.3, 0.4) is 0 Å². The molecule has 0 atom stereocenters. The van der Waals surface area contributed by atoms with Gasteiger partial charge in [0.25, 0.3) is 5.91 Å². The predicted molar refractivity (Wildman–Crippen MR) is 116 cm³/mol. The van der Waals surface area contributed by atoms with E-state index < -0.39 is 0 Å². The molecule has 0 radical (unpaired) electrons. The minimum absolute atomic E-state index is 0.237. The minimum atomic E-state index is -0.352. The number of hydrogen-bond donors (Lipinski definition) is 2. The number of hydrogen-bond acceptors (Lipinski definition) is 3. The summed E-state index contributed by atoms with van der Waals surface area (Å²) in [6, 6.07) is 17.8. The number of thiocarbonyl (C=S) groups is 1. The van der Waals surface area contributed by atoms with Crippen LogP contribution in [0.25, 0.3) is 0 Å². The molecule has 0 aromatic heterocycles. The summed E-state index contributed by atoms with van der Waals surface area (Å²) in [6.45, 7) is 4.23. The first kappa shape index (κ1) is 20.0. The highest BCUT2D eigenvalue weighted by atomic mass is 32.1. The zero-order valence-electron chi connectivity index (χ0n) is 16.3. The number of nitrogens with zero attached hydrogens (tertiary/aromatic N) is 1. The van der Waals surface area contributed by atoms with Crippen molar-refractivity contribution in [2.45, 2.75) is 50.9 Å². The Morgan fingerprint density at radius 1 is 1.07 bits per heavy atom. The summed E-state index contributed by atoms with van der Waals surface area (Å²) in [6.07, 6.45) is 4.03. The molecule has 5 heteroatoms. The zero-order chi connectivity index (χ0) is 20.1. The summed E-state index contributed by atoms with van der Waals surface area (Å²) < 4.78 is 0. The van der Waals surface area contributed by atoms with Crippen molar-refractivity contribution in [1.82, 2.24) is 5.32 Å². The van der Waals surface area contributed by atoms with E-state index in [4.69, 9.17) is 12.2 Å². The van der Waals surface area contributed by atoms with Crippen molar-refractivity contribution in [3.8, 4) is 6.07 Å².